The number of nitro benzene ring substituents is 2. The molecule has 5 N–H and O–H groups in total. The monoisotopic (exact) mass is 1610 g/mol. The molecule has 592 valence electrons. The third-order valence-corrected chi connectivity index (χ3v) is 14.7. The van der Waals surface area contributed by atoms with Crippen molar-refractivity contribution >= 4 is 34.3 Å². The molecule has 0 radical (unpaired) electrons. The number of aromatic nitrogens is 10. The Morgan fingerprint density at radius 2 is 0.795 bits per heavy atom. The molecule has 0 atom stereocenters. The quantitative estimate of drug-likeness (QED) is 0.0408. The zero-order valence-electron chi connectivity index (χ0n) is 57.1. The number of aryl methyl sites for hydroxylation is 5. The number of amides is 1. The minimum Gasteiger partial charge on any atom is -0.399 e. The standard InChI is InChI=1S/C18H12F5N3O.C18H14F5N3.C11H7F4N3O2.C11H9F4N3.C6H3F2NO2.C5H5F3N2/c1-10-24-16(18(21,22)23)9-26(10)15-7-6-11(8-14(15)20)25-17(27)12-4-2-3-5-13(12)19;1-11-25-17(18(21,22)23)10-26(11)16-7-6-13(8-15(16)20)24-9-12-4-2-3-5-14(12)19;1-6-16-10(11(13,14)15)5-17(6)9-3-2-7(18(19)20)4-8(9)12;1-6-17-10(11(13,14)15)5-18(6)9-3-2-7(16)4-8(9)12;7-5-2-1-4(9(10)11)3-6(5)8;1-3-9-2-4(10-3)5(6,7)8/h2-9H,1H3,(H,25,27);2-8,10,24H,9H2,1H3;2-5H,1H3;2-5H,16H2,1H3;1-3H;2H,1H3,(H,9,10). The number of nitro groups is 2. The van der Waals surface area contributed by atoms with Crippen LogP contribution in [0.4, 0.5) is 129 Å². The normalized spacial score (nSPS) is 11.5. The molecular weight excluding hydrogens is 1560 g/mol. The van der Waals surface area contributed by atoms with Gasteiger partial charge in [-0.05, 0) is 120 Å². The number of H-pyrrole nitrogens is 1. The topological polar surface area (TPSA) is 253 Å². The summed E-state index contributed by atoms with van der Waals surface area (Å²) in [6.45, 7) is 6.92. The first kappa shape index (κ1) is 86.1. The first-order valence-electron chi connectivity index (χ1n) is 30.9. The van der Waals surface area contributed by atoms with Crippen molar-refractivity contribution in [2.45, 2.75) is 72.0 Å². The van der Waals surface area contributed by atoms with Crippen LogP contribution < -0.4 is 16.4 Å². The highest BCUT2D eigenvalue weighted by Crippen LogP contribution is 2.36. The van der Waals surface area contributed by atoms with E-state index >= 15 is 0 Å². The van der Waals surface area contributed by atoms with Crippen molar-refractivity contribution in [1.82, 2.24) is 48.2 Å². The third-order valence-electron chi connectivity index (χ3n) is 14.7. The fourth-order valence-electron chi connectivity index (χ4n) is 9.37. The summed E-state index contributed by atoms with van der Waals surface area (Å²) in [7, 11) is 0. The van der Waals surface area contributed by atoms with Gasteiger partial charge in [0.2, 0.25) is 0 Å². The largest absolute Gasteiger partial charge is 0.434 e. The number of nitrogen functional groups attached to an aromatic ring is 1. The minimum atomic E-state index is -4.65. The van der Waals surface area contributed by atoms with Crippen LogP contribution in [0.25, 0.3) is 22.7 Å². The highest BCUT2D eigenvalue weighted by atomic mass is 19.4. The predicted molar refractivity (Wildman–Crippen MR) is 354 cm³/mol. The lowest BCUT2D eigenvalue weighted by atomic mass is 10.2. The molecule has 0 saturated carbocycles. The number of hydrogen-bond acceptors (Lipinski definition) is 12. The van der Waals surface area contributed by atoms with Crippen LogP contribution in [-0.2, 0) is 37.4 Å². The molecule has 112 heavy (non-hydrogen) atoms. The molecule has 12 aromatic rings. The number of nitrogens with two attached hydrogens (primary N) is 1. The van der Waals surface area contributed by atoms with E-state index in [1.54, 1.807) is 18.2 Å². The third kappa shape index (κ3) is 22.7. The van der Waals surface area contributed by atoms with Gasteiger partial charge in [-0.3, -0.25) is 25.0 Å². The second kappa shape index (κ2) is 35.0. The molecule has 0 unspecified atom stereocenters. The van der Waals surface area contributed by atoms with Gasteiger partial charge in [0, 0.05) is 66.1 Å². The van der Waals surface area contributed by atoms with Gasteiger partial charge < -0.3 is 39.6 Å². The molecule has 43 heteroatoms. The molecule has 5 heterocycles. The molecule has 0 bridgehead atoms. The number of non-ortho nitro benzene ring substituents is 2. The van der Waals surface area contributed by atoms with Gasteiger partial charge in [0.05, 0.1) is 56.5 Å². The second-order valence-electron chi connectivity index (χ2n) is 22.7. The molecule has 0 fully saturated rings. The van der Waals surface area contributed by atoms with E-state index < -0.39 is 127 Å². The minimum absolute atomic E-state index is 0.0169. The lowest BCUT2D eigenvalue weighted by molar-refractivity contribution is -0.385. The predicted octanol–water partition coefficient (Wildman–Crippen LogP) is 19.6. The summed E-state index contributed by atoms with van der Waals surface area (Å²) in [5.41, 5.74) is -0.503. The fourth-order valence-corrected chi connectivity index (χ4v) is 9.37. The van der Waals surface area contributed by atoms with Crippen LogP contribution in [0.2, 0.25) is 0 Å². The number of hydrogen-bond donors (Lipinski definition) is 4. The number of benzene rings is 7. The van der Waals surface area contributed by atoms with Crippen molar-refractivity contribution in [3.63, 3.8) is 0 Å². The van der Waals surface area contributed by atoms with Crippen LogP contribution in [0, 0.1) is 101 Å². The van der Waals surface area contributed by atoms with Gasteiger partial charge in [-0.1, -0.05) is 30.3 Å². The van der Waals surface area contributed by atoms with Crippen molar-refractivity contribution in [2.24, 2.45) is 0 Å². The van der Waals surface area contributed by atoms with Gasteiger partial charge in [-0.2, -0.15) is 65.9 Å². The molecule has 0 aliphatic rings. The maximum Gasteiger partial charge on any atom is 0.434 e. The summed E-state index contributed by atoms with van der Waals surface area (Å²) in [5, 5.41) is 25.7. The summed E-state index contributed by atoms with van der Waals surface area (Å²) >= 11 is 0. The average Bonchev–Trinajstić information content (AvgIpc) is 1.66. The van der Waals surface area contributed by atoms with Gasteiger partial charge in [0.15, 0.2) is 40.2 Å². The maximum absolute atomic E-state index is 14.4. The van der Waals surface area contributed by atoms with Crippen molar-refractivity contribution in [2.75, 3.05) is 16.4 Å². The average molecular weight is 1610 g/mol. The van der Waals surface area contributed by atoms with Crippen LogP contribution in [0.1, 0.15) is 73.5 Å². The zero-order chi connectivity index (χ0) is 83.4. The highest BCUT2D eigenvalue weighted by Gasteiger charge is 2.38. The summed E-state index contributed by atoms with van der Waals surface area (Å²) < 4.78 is 298. The van der Waals surface area contributed by atoms with E-state index in [2.05, 4.69) is 40.5 Å². The van der Waals surface area contributed by atoms with E-state index in [1.165, 1.54) is 95.3 Å². The van der Waals surface area contributed by atoms with Crippen molar-refractivity contribution < 1.29 is 116 Å². The van der Waals surface area contributed by atoms with Crippen molar-refractivity contribution in [3.8, 4) is 22.7 Å². The number of rotatable bonds is 11. The second-order valence-corrected chi connectivity index (χ2v) is 22.7. The fraction of sp³-hybridized carbons (Fsp3) is 0.159. The van der Waals surface area contributed by atoms with Crippen LogP contribution in [-0.4, -0.2) is 63.9 Å². The van der Waals surface area contributed by atoms with Gasteiger partial charge >= 0.3 is 30.9 Å². The molecule has 0 saturated heterocycles. The van der Waals surface area contributed by atoms with E-state index in [0.717, 1.165) is 79.3 Å². The van der Waals surface area contributed by atoms with Gasteiger partial charge in [-0.15, -0.1) is 0 Å². The first-order chi connectivity index (χ1) is 52.0. The number of carbonyl (C=O) groups excluding carboxylic acids is 1. The lowest BCUT2D eigenvalue weighted by Crippen LogP contribution is -2.14. The SMILES string of the molecule is Cc1nc(C(F)(F)F)cn1-c1ccc(N)cc1F.Cc1nc(C(F)(F)F)cn1-c1ccc(NC(=O)c2ccccc2F)cc1F.Cc1nc(C(F)(F)F)cn1-c1ccc(NCc2ccccc2F)cc1F.Cc1nc(C(F)(F)F)cn1-c1ccc([N+](=O)[O-])cc1F.Cc1ncc(C(F)(F)F)[nH]1.O=[N+]([O-])c1ccc(F)c(F)c1. The molecule has 7 aromatic carbocycles. The summed E-state index contributed by atoms with van der Waals surface area (Å²) in [6, 6.07) is 27.4. The van der Waals surface area contributed by atoms with Crippen LogP contribution in [0.15, 0.2) is 171 Å². The Balaban J connectivity index is 0.000000192. The molecule has 20 nitrogen and oxygen atoms in total. The number of alkyl halides is 15. The zero-order valence-corrected chi connectivity index (χ0v) is 57.1. The first-order valence-corrected chi connectivity index (χ1v) is 30.9. The Kier molecular flexibility index (Phi) is 26.9. The van der Waals surface area contributed by atoms with E-state index in [0.29, 0.717) is 41.8 Å². The summed E-state index contributed by atoms with van der Waals surface area (Å²) in [5.74, 6) is -7.30. The van der Waals surface area contributed by atoms with Gasteiger partial charge in [-0.25, -0.2) is 60.0 Å². The number of halogens is 23. The molecule has 1 amide bonds. The molecule has 12 rings (SSSR count). The number of aromatic amines is 1. The van der Waals surface area contributed by atoms with Crippen molar-refractivity contribution in [3.05, 3.63) is 306 Å². The lowest BCUT2D eigenvalue weighted by Gasteiger charge is -2.11. The number of anilines is 3. The summed E-state index contributed by atoms with van der Waals surface area (Å²) in [4.78, 5) is 49.9. The van der Waals surface area contributed by atoms with Crippen LogP contribution >= 0.6 is 0 Å². The number of nitrogens with zero attached hydrogens (tertiary/aromatic N) is 11. The van der Waals surface area contributed by atoms with E-state index in [4.69, 9.17) is 5.73 Å². The van der Waals surface area contributed by atoms with E-state index in [9.17, 15) is 126 Å². The van der Waals surface area contributed by atoms with Crippen LogP contribution in [0.3, 0.4) is 0 Å². The molecular formula is C69H50F23N15O5. The Hall–Kier alpha value is -13.2. The highest BCUT2D eigenvalue weighted by molar-refractivity contribution is 6.04. The summed E-state index contributed by atoms with van der Waals surface area (Å²) in [6.07, 6.45) is -19.2. The molecule has 0 aliphatic carbocycles. The smallest absolute Gasteiger partial charge is 0.399 e. The number of imidazole rings is 5. The van der Waals surface area contributed by atoms with Crippen molar-refractivity contribution in [1.29, 1.82) is 0 Å². The van der Waals surface area contributed by atoms with Gasteiger partial charge in [0.1, 0.15) is 63.9 Å². The Morgan fingerprint density at radius 3 is 1.14 bits per heavy atom. The number of carbonyl (C=O) groups is 1. The molecule has 0 aliphatic heterocycles. The van der Waals surface area contributed by atoms with Crippen LogP contribution in [0.5, 0.6) is 0 Å². The van der Waals surface area contributed by atoms with E-state index in [1.807, 2.05) is 0 Å². The Bertz CT molecular complexity index is 5350. The Labute approximate surface area is 613 Å². The molecule has 0 spiro atoms. The maximum atomic E-state index is 14.4. The Morgan fingerprint density at radius 1 is 0.429 bits per heavy atom. The van der Waals surface area contributed by atoms with E-state index in [-0.39, 0.29) is 81.2 Å². The molecule has 5 aromatic heterocycles. The van der Waals surface area contributed by atoms with Gasteiger partial charge in [0.25, 0.3) is 17.3 Å². The number of nitrogens with one attached hydrogen (secondary N) is 3.